The molecule has 186 valence electrons. The molecule has 3 atom stereocenters. The van der Waals surface area contributed by atoms with E-state index in [0.717, 1.165) is 41.5 Å². The van der Waals surface area contributed by atoms with Gasteiger partial charge >= 0.3 is 7.12 Å². The second-order valence-electron chi connectivity index (χ2n) is 9.60. The predicted octanol–water partition coefficient (Wildman–Crippen LogP) is 3.40. The molecule has 4 N–H and O–H groups in total. The summed E-state index contributed by atoms with van der Waals surface area (Å²) in [5.41, 5.74) is 5.08. The van der Waals surface area contributed by atoms with E-state index in [2.05, 4.69) is 16.7 Å². The number of hydrogen-bond donors (Lipinski definition) is 4. The molecule has 1 aliphatic rings. The summed E-state index contributed by atoms with van der Waals surface area (Å²) in [6, 6.07) is 24.6. The van der Waals surface area contributed by atoms with E-state index >= 15 is 0 Å². The Labute approximate surface area is 212 Å². The van der Waals surface area contributed by atoms with Gasteiger partial charge in [-0.15, -0.1) is 0 Å². The van der Waals surface area contributed by atoms with Crippen LogP contribution in [-0.2, 0) is 22.4 Å². The molecular weight excluding hydrogens is 451 g/mol. The minimum absolute atomic E-state index is 0.0127. The van der Waals surface area contributed by atoms with Gasteiger partial charge in [0.1, 0.15) is 0 Å². The van der Waals surface area contributed by atoms with Crippen LogP contribution in [0.2, 0.25) is 0 Å². The maximum Gasteiger partial charge on any atom is 0.475 e. The summed E-state index contributed by atoms with van der Waals surface area (Å²) in [5.74, 6) is -1.57. The van der Waals surface area contributed by atoms with Gasteiger partial charge in [-0.2, -0.15) is 0 Å². The average molecular weight is 484 g/mol. The van der Waals surface area contributed by atoms with E-state index in [1.165, 1.54) is 5.56 Å². The van der Waals surface area contributed by atoms with Gasteiger partial charge in [0.05, 0.1) is 24.3 Å². The van der Waals surface area contributed by atoms with Crippen LogP contribution in [0.5, 0.6) is 0 Å². The Hall–Kier alpha value is -3.42. The minimum atomic E-state index is -1.71. The molecule has 3 aromatic rings. The Kier molecular flexibility index (Phi) is 8.57. The molecule has 3 unspecified atom stereocenters. The lowest BCUT2D eigenvalue weighted by Gasteiger charge is -2.28. The molecule has 36 heavy (non-hydrogen) atoms. The van der Waals surface area contributed by atoms with Gasteiger partial charge in [0, 0.05) is 0 Å². The highest BCUT2D eigenvalue weighted by molar-refractivity contribution is 6.43. The second-order valence-corrected chi connectivity index (χ2v) is 9.60. The van der Waals surface area contributed by atoms with Gasteiger partial charge in [0.25, 0.3) is 0 Å². The molecule has 3 aromatic carbocycles. The van der Waals surface area contributed by atoms with Crippen molar-refractivity contribution in [2.45, 2.75) is 56.9 Å². The first-order valence-electron chi connectivity index (χ1n) is 12.5. The van der Waals surface area contributed by atoms with Crippen LogP contribution in [-0.4, -0.2) is 34.9 Å². The number of carbonyl (C=O) groups excluding carboxylic acids is 2. The summed E-state index contributed by atoms with van der Waals surface area (Å²) in [6.07, 6.45) is 2.95. The lowest BCUT2D eigenvalue weighted by atomic mass is 9.75. The van der Waals surface area contributed by atoms with E-state index in [4.69, 9.17) is 0 Å². The standard InChI is InChI=1S/C29H33BN2O4/c1-20-14-16-21(17-15-20)18-27(30(35)36)32-28(33)19-26(23-9-3-2-4-10-23)31-29(34)25-13-7-11-22-8-5-6-12-24(22)25/h2-6,8-10,12,14-17,25-27,35-36H,7,11,13,18-19H2,1H3,(H,31,34)(H,32,33). The molecule has 0 aromatic heterocycles. The maximum atomic E-state index is 13.4. The largest absolute Gasteiger partial charge is 0.475 e. The van der Waals surface area contributed by atoms with Gasteiger partial charge in [-0.1, -0.05) is 84.4 Å². The SMILES string of the molecule is Cc1ccc(CC(NC(=O)CC(NC(=O)C2CCCc3ccccc32)c2ccccc2)B(O)O)cc1. The Morgan fingerprint density at radius 2 is 1.64 bits per heavy atom. The van der Waals surface area contributed by atoms with Crippen LogP contribution in [0.25, 0.3) is 0 Å². The number of aryl methyl sites for hydroxylation is 2. The normalized spacial score (nSPS) is 16.4. The minimum Gasteiger partial charge on any atom is -0.426 e. The van der Waals surface area contributed by atoms with Gasteiger partial charge < -0.3 is 20.7 Å². The van der Waals surface area contributed by atoms with Gasteiger partial charge in [-0.05, 0) is 54.9 Å². The number of amides is 2. The van der Waals surface area contributed by atoms with Crippen molar-refractivity contribution >= 4 is 18.9 Å². The maximum absolute atomic E-state index is 13.4. The number of nitrogens with one attached hydrogen (secondary N) is 2. The topological polar surface area (TPSA) is 98.7 Å². The summed E-state index contributed by atoms with van der Waals surface area (Å²) >= 11 is 0. The molecule has 0 saturated carbocycles. The molecule has 1 aliphatic carbocycles. The number of benzene rings is 3. The van der Waals surface area contributed by atoms with Gasteiger partial charge in [-0.25, -0.2) is 0 Å². The number of hydrogen-bond acceptors (Lipinski definition) is 4. The summed E-state index contributed by atoms with van der Waals surface area (Å²) in [4.78, 5) is 26.5. The van der Waals surface area contributed by atoms with Gasteiger partial charge in [-0.3, -0.25) is 9.59 Å². The van der Waals surface area contributed by atoms with Gasteiger partial charge in [0.2, 0.25) is 11.8 Å². The highest BCUT2D eigenvalue weighted by Gasteiger charge is 2.30. The Morgan fingerprint density at radius 1 is 0.944 bits per heavy atom. The second kappa shape index (κ2) is 12.0. The van der Waals surface area contributed by atoms with Crippen LogP contribution in [0.4, 0.5) is 0 Å². The Morgan fingerprint density at radius 3 is 2.36 bits per heavy atom. The lowest BCUT2D eigenvalue weighted by Crippen LogP contribution is -2.48. The highest BCUT2D eigenvalue weighted by atomic mass is 16.4. The molecule has 0 saturated heterocycles. The van der Waals surface area contributed by atoms with E-state index < -0.39 is 19.1 Å². The fourth-order valence-electron chi connectivity index (χ4n) is 4.90. The van der Waals surface area contributed by atoms with E-state index in [1.54, 1.807) is 0 Å². The molecule has 0 heterocycles. The zero-order valence-electron chi connectivity index (χ0n) is 20.6. The molecule has 0 spiro atoms. The quantitative estimate of drug-likeness (QED) is 0.350. The summed E-state index contributed by atoms with van der Waals surface area (Å²) in [6.45, 7) is 1.98. The van der Waals surface area contributed by atoms with Crippen LogP contribution in [0, 0.1) is 6.92 Å². The molecule has 0 fully saturated rings. The molecule has 4 rings (SSSR count). The van der Waals surface area contributed by atoms with E-state index in [0.29, 0.717) is 0 Å². The lowest BCUT2D eigenvalue weighted by molar-refractivity contribution is -0.125. The van der Waals surface area contributed by atoms with Crippen LogP contribution in [0.1, 0.15) is 59.0 Å². The predicted molar refractivity (Wildman–Crippen MR) is 141 cm³/mol. The van der Waals surface area contributed by atoms with Crippen LogP contribution < -0.4 is 10.6 Å². The molecule has 2 amide bonds. The van der Waals surface area contributed by atoms with Crippen molar-refractivity contribution in [3.63, 3.8) is 0 Å². The average Bonchev–Trinajstić information content (AvgIpc) is 2.89. The van der Waals surface area contributed by atoms with E-state index in [1.807, 2.05) is 79.7 Å². The third-order valence-electron chi connectivity index (χ3n) is 6.88. The first-order chi connectivity index (χ1) is 17.4. The van der Waals surface area contributed by atoms with Crippen molar-refractivity contribution in [2.24, 2.45) is 0 Å². The van der Waals surface area contributed by atoms with Crippen molar-refractivity contribution in [1.82, 2.24) is 10.6 Å². The van der Waals surface area contributed by atoms with Crippen molar-refractivity contribution in [2.75, 3.05) is 0 Å². The molecular formula is C29H33BN2O4. The monoisotopic (exact) mass is 484 g/mol. The number of fused-ring (bicyclic) bond motifs is 1. The molecule has 7 heteroatoms. The first-order valence-corrected chi connectivity index (χ1v) is 12.5. The van der Waals surface area contributed by atoms with Gasteiger partial charge in [0.15, 0.2) is 0 Å². The molecule has 0 bridgehead atoms. The fourth-order valence-corrected chi connectivity index (χ4v) is 4.90. The Balaban J connectivity index is 1.47. The molecule has 0 aliphatic heterocycles. The zero-order chi connectivity index (χ0) is 25.5. The first kappa shape index (κ1) is 25.7. The van der Waals surface area contributed by atoms with E-state index in [-0.39, 0.29) is 30.6 Å². The molecule has 6 nitrogen and oxygen atoms in total. The third-order valence-corrected chi connectivity index (χ3v) is 6.88. The summed E-state index contributed by atoms with van der Waals surface area (Å²) < 4.78 is 0. The van der Waals surface area contributed by atoms with Crippen molar-refractivity contribution in [1.29, 1.82) is 0 Å². The summed E-state index contributed by atoms with van der Waals surface area (Å²) in [7, 11) is -1.71. The van der Waals surface area contributed by atoms with Crippen molar-refractivity contribution in [3.8, 4) is 0 Å². The highest BCUT2D eigenvalue weighted by Crippen LogP contribution is 2.32. The van der Waals surface area contributed by atoms with Crippen LogP contribution in [0.3, 0.4) is 0 Å². The van der Waals surface area contributed by atoms with Crippen molar-refractivity contribution < 1.29 is 19.6 Å². The summed E-state index contributed by atoms with van der Waals surface area (Å²) in [5, 5.41) is 25.7. The fraction of sp³-hybridized carbons (Fsp3) is 0.310. The van der Waals surface area contributed by atoms with Crippen molar-refractivity contribution in [3.05, 3.63) is 107 Å². The van der Waals surface area contributed by atoms with Crippen LogP contribution >= 0.6 is 0 Å². The zero-order valence-corrected chi connectivity index (χ0v) is 20.6. The Bertz CT molecular complexity index is 1170. The molecule has 0 radical (unpaired) electrons. The number of carbonyl (C=O) groups is 2. The third kappa shape index (κ3) is 6.62. The van der Waals surface area contributed by atoms with Crippen LogP contribution in [0.15, 0.2) is 78.9 Å². The van der Waals surface area contributed by atoms with E-state index in [9.17, 15) is 19.6 Å². The smallest absolute Gasteiger partial charge is 0.426 e. The number of rotatable bonds is 9.